The molecular weight excluding hydrogens is 469 g/mol. The van der Waals surface area contributed by atoms with E-state index >= 15 is 0 Å². The van der Waals surface area contributed by atoms with Crippen LogP contribution in [-0.2, 0) is 13.2 Å². The van der Waals surface area contributed by atoms with Crippen LogP contribution in [0.15, 0.2) is 39.2 Å². The van der Waals surface area contributed by atoms with Crippen LogP contribution >= 0.6 is 27.5 Å². The molecule has 2 amide bonds. The molecule has 0 spiro atoms. The lowest BCUT2D eigenvalue weighted by Crippen LogP contribution is -2.28. The van der Waals surface area contributed by atoms with Crippen LogP contribution in [0.2, 0.25) is 0 Å². The molecule has 0 aliphatic heterocycles. The number of aromatic nitrogens is 1. The molecule has 8 nitrogen and oxygen atoms in total. The number of amides is 2. The number of halogens is 2. The fourth-order valence-electron chi connectivity index (χ4n) is 2.33. The molecule has 3 aromatic rings. The Morgan fingerprint density at radius 2 is 2.14 bits per heavy atom. The van der Waals surface area contributed by atoms with Crippen molar-refractivity contribution in [2.45, 2.75) is 20.1 Å². The molecule has 0 atom stereocenters. The maximum atomic E-state index is 13.9. The summed E-state index contributed by atoms with van der Waals surface area (Å²) in [5.74, 6) is -0.774. The Hall–Kier alpha value is -2.92. The number of anilines is 1. The van der Waals surface area contributed by atoms with E-state index in [2.05, 4.69) is 30.9 Å². The van der Waals surface area contributed by atoms with Crippen molar-refractivity contribution >= 4 is 44.5 Å². The van der Waals surface area contributed by atoms with Crippen molar-refractivity contribution in [3.8, 4) is 5.88 Å². The zero-order chi connectivity index (χ0) is 21.0. The zero-order valence-corrected chi connectivity index (χ0v) is 17.4. The van der Waals surface area contributed by atoms with Crippen molar-refractivity contribution in [2.24, 2.45) is 0 Å². The zero-order valence-electron chi connectivity index (χ0n) is 15.0. The second kappa shape index (κ2) is 9.05. The highest BCUT2D eigenvalue weighted by Crippen LogP contribution is 2.31. The van der Waals surface area contributed by atoms with Gasteiger partial charge in [-0.3, -0.25) is 5.32 Å². The molecule has 0 bridgehead atoms. The number of benzene rings is 1. The topological polar surface area (TPSA) is 114 Å². The summed E-state index contributed by atoms with van der Waals surface area (Å²) in [7, 11) is 0. The lowest BCUT2D eigenvalue weighted by Gasteiger charge is -2.07. The van der Waals surface area contributed by atoms with E-state index in [-0.39, 0.29) is 35.2 Å². The number of aromatic carboxylic acids is 1. The summed E-state index contributed by atoms with van der Waals surface area (Å²) in [4.78, 5) is 23.7. The van der Waals surface area contributed by atoms with Gasteiger partial charge in [0.15, 0.2) is 5.56 Å². The summed E-state index contributed by atoms with van der Waals surface area (Å²) < 4.78 is 29.1. The largest absolute Gasteiger partial charge is 0.477 e. The average Bonchev–Trinajstić information content (AvgIpc) is 3.25. The van der Waals surface area contributed by atoms with Crippen molar-refractivity contribution in [2.75, 3.05) is 5.32 Å². The summed E-state index contributed by atoms with van der Waals surface area (Å²) in [6, 6.07) is 7.27. The van der Waals surface area contributed by atoms with Gasteiger partial charge in [0.05, 0.1) is 6.54 Å². The summed E-state index contributed by atoms with van der Waals surface area (Å²) in [6.45, 7) is 1.70. The first kappa shape index (κ1) is 20.8. The Morgan fingerprint density at radius 3 is 2.79 bits per heavy atom. The van der Waals surface area contributed by atoms with Crippen molar-refractivity contribution in [3.63, 3.8) is 0 Å². The molecule has 2 heterocycles. The Morgan fingerprint density at radius 1 is 1.34 bits per heavy atom. The number of aryl methyl sites for hydroxylation is 1. The van der Waals surface area contributed by atoms with Gasteiger partial charge in [-0.25, -0.2) is 14.0 Å². The van der Waals surface area contributed by atoms with Crippen LogP contribution in [0.3, 0.4) is 0 Å². The van der Waals surface area contributed by atoms with E-state index in [9.17, 15) is 19.1 Å². The molecule has 0 fully saturated rings. The third-order valence-electron chi connectivity index (χ3n) is 3.70. The van der Waals surface area contributed by atoms with Crippen molar-refractivity contribution in [3.05, 3.63) is 63.3 Å². The monoisotopic (exact) mass is 483 g/mol. The second-order valence-corrected chi connectivity index (χ2v) is 7.53. The number of nitrogens with one attached hydrogen (secondary N) is 2. The van der Waals surface area contributed by atoms with Gasteiger partial charge in [-0.05, 0) is 42.7 Å². The first-order valence-electron chi connectivity index (χ1n) is 8.23. The number of urea groups is 1. The molecule has 0 aliphatic carbocycles. The fourth-order valence-corrected chi connectivity index (χ4v) is 3.38. The predicted octanol–water partition coefficient (Wildman–Crippen LogP) is 4.55. The van der Waals surface area contributed by atoms with Crippen LogP contribution in [0.5, 0.6) is 5.88 Å². The molecular formula is C18H15BrFN3O5S. The van der Waals surface area contributed by atoms with Crippen LogP contribution in [0.25, 0.3) is 0 Å². The Balaban J connectivity index is 1.66. The molecule has 0 radical (unpaired) electrons. The summed E-state index contributed by atoms with van der Waals surface area (Å²) in [5, 5.41) is 14.4. The molecule has 3 rings (SSSR count). The van der Waals surface area contributed by atoms with Crippen LogP contribution < -0.4 is 15.4 Å². The van der Waals surface area contributed by atoms with Gasteiger partial charge in [-0.2, -0.15) is 4.37 Å². The standard InChI is InChI=1S/C18H15BrFN3O5S/c1-9-2-5-12(28-9)7-21-18(26)22-16-14(17(24)25)15(23-29-16)27-8-10-3-4-11(19)6-13(10)20/h2-6H,7-8H2,1H3,(H,24,25)(H2,21,22,26). The molecule has 1 aromatic carbocycles. The highest BCUT2D eigenvalue weighted by Gasteiger charge is 2.23. The smallest absolute Gasteiger partial charge is 0.344 e. The van der Waals surface area contributed by atoms with Gasteiger partial charge in [0.25, 0.3) is 0 Å². The van der Waals surface area contributed by atoms with Gasteiger partial charge in [0.1, 0.15) is 28.9 Å². The number of furan rings is 1. The molecule has 29 heavy (non-hydrogen) atoms. The van der Waals surface area contributed by atoms with Gasteiger partial charge >= 0.3 is 12.0 Å². The minimum Gasteiger partial charge on any atom is -0.477 e. The van der Waals surface area contributed by atoms with E-state index < -0.39 is 17.8 Å². The number of carboxylic acids is 1. The van der Waals surface area contributed by atoms with Crippen LogP contribution in [0, 0.1) is 12.7 Å². The van der Waals surface area contributed by atoms with E-state index in [1.54, 1.807) is 25.1 Å². The van der Waals surface area contributed by atoms with Gasteiger partial charge in [0, 0.05) is 10.0 Å². The SMILES string of the molecule is Cc1ccc(CNC(=O)Nc2snc(OCc3ccc(Br)cc3F)c2C(=O)O)o1. The molecule has 2 aromatic heterocycles. The summed E-state index contributed by atoms with van der Waals surface area (Å²) in [6.07, 6.45) is 0. The number of ether oxygens (including phenoxy) is 1. The van der Waals surface area contributed by atoms with Crippen molar-refractivity contribution in [1.82, 2.24) is 9.69 Å². The van der Waals surface area contributed by atoms with E-state index in [1.165, 1.54) is 12.1 Å². The maximum absolute atomic E-state index is 13.9. The van der Waals surface area contributed by atoms with Gasteiger partial charge < -0.3 is 19.6 Å². The first-order chi connectivity index (χ1) is 13.8. The summed E-state index contributed by atoms with van der Waals surface area (Å²) >= 11 is 3.90. The Labute approximate surface area is 177 Å². The highest BCUT2D eigenvalue weighted by atomic mass is 79.9. The van der Waals surface area contributed by atoms with Gasteiger partial charge in [0.2, 0.25) is 5.88 Å². The van der Waals surface area contributed by atoms with Gasteiger partial charge in [-0.15, -0.1) is 0 Å². The van der Waals surface area contributed by atoms with Crippen molar-refractivity contribution in [1.29, 1.82) is 0 Å². The third kappa shape index (κ3) is 5.33. The summed E-state index contributed by atoms with van der Waals surface area (Å²) in [5.41, 5.74) is -0.0740. The minimum absolute atomic E-state index is 0.00287. The number of hydrogen-bond acceptors (Lipinski definition) is 6. The molecule has 0 saturated carbocycles. The molecule has 0 unspecified atom stereocenters. The minimum atomic E-state index is -1.33. The molecule has 3 N–H and O–H groups in total. The fraction of sp³-hybridized carbons (Fsp3) is 0.167. The number of hydrogen-bond donors (Lipinski definition) is 3. The van der Waals surface area contributed by atoms with E-state index in [0.29, 0.717) is 16.0 Å². The Bertz CT molecular complexity index is 1050. The number of nitrogens with zero attached hydrogens (tertiary/aromatic N) is 1. The van der Waals surface area contributed by atoms with Gasteiger partial charge in [-0.1, -0.05) is 22.0 Å². The number of rotatable bonds is 7. The third-order valence-corrected chi connectivity index (χ3v) is 4.94. The molecule has 0 aliphatic rings. The predicted molar refractivity (Wildman–Crippen MR) is 107 cm³/mol. The van der Waals surface area contributed by atoms with Crippen LogP contribution in [-0.4, -0.2) is 21.5 Å². The normalized spacial score (nSPS) is 10.6. The maximum Gasteiger partial charge on any atom is 0.344 e. The lowest BCUT2D eigenvalue weighted by molar-refractivity contribution is 0.0693. The van der Waals surface area contributed by atoms with Crippen LogP contribution in [0.4, 0.5) is 14.2 Å². The highest BCUT2D eigenvalue weighted by molar-refractivity contribution is 9.10. The quantitative estimate of drug-likeness (QED) is 0.454. The molecule has 152 valence electrons. The van der Waals surface area contributed by atoms with E-state index in [1.807, 2.05) is 0 Å². The average molecular weight is 484 g/mol. The second-order valence-electron chi connectivity index (χ2n) is 5.84. The Kier molecular flexibility index (Phi) is 6.49. The number of carboxylic acid groups (broad SMARTS) is 1. The first-order valence-corrected chi connectivity index (χ1v) is 9.80. The molecule has 11 heteroatoms. The van der Waals surface area contributed by atoms with E-state index in [4.69, 9.17) is 9.15 Å². The van der Waals surface area contributed by atoms with E-state index in [0.717, 1.165) is 11.5 Å². The number of carbonyl (C=O) groups is 2. The van der Waals surface area contributed by atoms with Crippen LogP contribution in [0.1, 0.15) is 27.4 Å². The van der Waals surface area contributed by atoms with Crippen molar-refractivity contribution < 1.29 is 28.2 Å². The number of carbonyl (C=O) groups excluding carboxylic acids is 1. The molecule has 0 saturated heterocycles. The lowest BCUT2D eigenvalue weighted by atomic mass is 10.2.